The number of carboxylic acids is 1. The molecule has 0 bridgehead atoms. The fourth-order valence-electron chi connectivity index (χ4n) is 2.18. The van der Waals surface area contributed by atoms with E-state index in [1.807, 2.05) is 24.3 Å². The van der Waals surface area contributed by atoms with Gasteiger partial charge in [-0.3, -0.25) is 4.79 Å². The highest BCUT2D eigenvalue weighted by atomic mass is 16.4. The Morgan fingerprint density at radius 1 is 1.44 bits per heavy atom. The van der Waals surface area contributed by atoms with Crippen molar-refractivity contribution in [2.45, 2.75) is 13.3 Å². The molecule has 18 heavy (non-hydrogen) atoms. The standard InChI is InChI=1S/C14H15NO3/c1-10(8-13(16)17)9-15-7-6-11-4-2-3-5-12(11)14(15)18/h2-5,8H,6-7,9H2,1H3,(H,16,17). The summed E-state index contributed by atoms with van der Waals surface area (Å²) in [5, 5.41) is 8.66. The van der Waals surface area contributed by atoms with Crippen molar-refractivity contribution in [3.8, 4) is 0 Å². The number of fused-ring (bicyclic) bond motifs is 1. The molecule has 1 aliphatic rings. The Labute approximate surface area is 106 Å². The molecule has 1 aromatic carbocycles. The number of benzene rings is 1. The van der Waals surface area contributed by atoms with Crippen LogP contribution >= 0.6 is 0 Å². The van der Waals surface area contributed by atoms with Gasteiger partial charge in [0.15, 0.2) is 0 Å². The van der Waals surface area contributed by atoms with Crippen molar-refractivity contribution in [1.82, 2.24) is 4.90 Å². The first-order valence-corrected chi connectivity index (χ1v) is 5.85. The molecule has 0 spiro atoms. The van der Waals surface area contributed by atoms with Gasteiger partial charge < -0.3 is 10.0 Å². The first-order chi connectivity index (χ1) is 8.58. The van der Waals surface area contributed by atoms with Crippen LogP contribution in [-0.4, -0.2) is 35.0 Å². The summed E-state index contributed by atoms with van der Waals surface area (Å²) in [5.74, 6) is -0.993. The van der Waals surface area contributed by atoms with Crippen LogP contribution in [0, 0.1) is 0 Å². The average molecular weight is 245 g/mol. The summed E-state index contributed by atoms with van der Waals surface area (Å²) < 4.78 is 0. The highest BCUT2D eigenvalue weighted by molar-refractivity contribution is 5.97. The van der Waals surface area contributed by atoms with Gasteiger partial charge in [0.1, 0.15) is 0 Å². The smallest absolute Gasteiger partial charge is 0.328 e. The third-order valence-corrected chi connectivity index (χ3v) is 3.00. The highest BCUT2D eigenvalue weighted by Crippen LogP contribution is 2.19. The molecule has 0 aliphatic carbocycles. The van der Waals surface area contributed by atoms with Crippen LogP contribution in [-0.2, 0) is 11.2 Å². The van der Waals surface area contributed by atoms with Gasteiger partial charge in [0.2, 0.25) is 0 Å². The minimum atomic E-state index is -0.975. The van der Waals surface area contributed by atoms with E-state index >= 15 is 0 Å². The van der Waals surface area contributed by atoms with Crippen LogP contribution in [0.25, 0.3) is 0 Å². The number of carbonyl (C=O) groups is 2. The van der Waals surface area contributed by atoms with Crippen molar-refractivity contribution in [2.75, 3.05) is 13.1 Å². The number of carbonyl (C=O) groups excluding carboxylic acids is 1. The topological polar surface area (TPSA) is 57.6 Å². The zero-order chi connectivity index (χ0) is 13.1. The fourth-order valence-corrected chi connectivity index (χ4v) is 2.18. The van der Waals surface area contributed by atoms with E-state index in [2.05, 4.69) is 0 Å². The van der Waals surface area contributed by atoms with Crippen LogP contribution in [0.5, 0.6) is 0 Å². The van der Waals surface area contributed by atoms with Crippen molar-refractivity contribution >= 4 is 11.9 Å². The van der Waals surface area contributed by atoms with Gasteiger partial charge >= 0.3 is 5.97 Å². The lowest BCUT2D eigenvalue weighted by molar-refractivity contribution is -0.131. The second-order valence-corrected chi connectivity index (χ2v) is 4.46. The predicted octanol–water partition coefficient (Wildman–Crippen LogP) is 1.72. The quantitative estimate of drug-likeness (QED) is 0.825. The van der Waals surface area contributed by atoms with Crippen molar-refractivity contribution in [3.63, 3.8) is 0 Å². The molecule has 0 atom stereocenters. The SMILES string of the molecule is CC(=CC(=O)O)CN1CCc2ccccc2C1=O. The molecule has 1 N–H and O–H groups in total. The molecule has 4 nitrogen and oxygen atoms in total. The van der Waals surface area contributed by atoms with E-state index in [-0.39, 0.29) is 5.91 Å². The lowest BCUT2D eigenvalue weighted by Gasteiger charge is -2.28. The Morgan fingerprint density at radius 3 is 2.89 bits per heavy atom. The molecular formula is C14H15NO3. The molecule has 0 unspecified atom stereocenters. The first-order valence-electron chi connectivity index (χ1n) is 5.85. The second-order valence-electron chi connectivity index (χ2n) is 4.46. The Balaban J connectivity index is 2.15. The van der Waals surface area contributed by atoms with Crippen LogP contribution in [0.2, 0.25) is 0 Å². The van der Waals surface area contributed by atoms with Gasteiger partial charge in [0.05, 0.1) is 0 Å². The number of nitrogens with zero attached hydrogens (tertiary/aromatic N) is 1. The Bertz CT molecular complexity index is 520. The van der Waals surface area contributed by atoms with Gasteiger partial charge in [-0.25, -0.2) is 4.79 Å². The highest BCUT2D eigenvalue weighted by Gasteiger charge is 2.23. The number of amides is 1. The van der Waals surface area contributed by atoms with Gasteiger partial charge in [0, 0.05) is 24.7 Å². The zero-order valence-corrected chi connectivity index (χ0v) is 10.2. The third kappa shape index (κ3) is 2.59. The van der Waals surface area contributed by atoms with Crippen molar-refractivity contribution in [3.05, 3.63) is 47.0 Å². The minimum Gasteiger partial charge on any atom is -0.478 e. The Hall–Kier alpha value is -2.10. The molecule has 0 saturated heterocycles. The predicted molar refractivity (Wildman–Crippen MR) is 67.4 cm³/mol. The lowest BCUT2D eigenvalue weighted by Crippen LogP contribution is -2.38. The molecule has 0 saturated carbocycles. The Morgan fingerprint density at radius 2 is 2.17 bits per heavy atom. The van der Waals surface area contributed by atoms with Gasteiger partial charge in [-0.15, -0.1) is 0 Å². The summed E-state index contributed by atoms with van der Waals surface area (Å²) in [4.78, 5) is 24.4. The van der Waals surface area contributed by atoms with E-state index in [1.54, 1.807) is 11.8 Å². The van der Waals surface area contributed by atoms with E-state index in [4.69, 9.17) is 5.11 Å². The monoisotopic (exact) mass is 245 g/mol. The van der Waals surface area contributed by atoms with Crippen LogP contribution in [0.15, 0.2) is 35.9 Å². The van der Waals surface area contributed by atoms with Crippen molar-refractivity contribution < 1.29 is 14.7 Å². The summed E-state index contributed by atoms with van der Waals surface area (Å²) in [5.41, 5.74) is 2.47. The molecule has 0 radical (unpaired) electrons. The maximum atomic E-state index is 12.2. The lowest BCUT2D eigenvalue weighted by atomic mass is 9.99. The van der Waals surface area contributed by atoms with Crippen LogP contribution in [0.1, 0.15) is 22.8 Å². The zero-order valence-electron chi connectivity index (χ0n) is 10.2. The summed E-state index contributed by atoms with van der Waals surface area (Å²) >= 11 is 0. The third-order valence-electron chi connectivity index (χ3n) is 3.00. The van der Waals surface area contributed by atoms with Crippen molar-refractivity contribution in [1.29, 1.82) is 0 Å². The summed E-state index contributed by atoms with van der Waals surface area (Å²) in [6.45, 7) is 2.74. The molecule has 1 heterocycles. The molecule has 1 aliphatic heterocycles. The van der Waals surface area contributed by atoms with E-state index in [9.17, 15) is 9.59 Å². The molecule has 1 aromatic rings. The number of hydrogen-bond donors (Lipinski definition) is 1. The normalized spacial score (nSPS) is 15.5. The molecule has 1 amide bonds. The number of carboxylic acid groups (broad SMARTS) is 1. The molecule has 0 fully saturated rings. The van der Waals surface area contributed by atoms with Crippen LogP contribution < -0.4 is 0 Å². The van der Waals surface area contributed by atoms with Gasteiger partial charge in [-0.1, -0.05) is 18.2 Å². The Kier molecular flexibility index (Phi) is 3.46. The molecular weight excluding hydrogens is 230 g/mol. The van der Waals surface area contributed by atoms with Gasteiger partial charge in [-0.05, 0) is 30.5 Å². The number of hydrogen-bond acceptors (Lipinski definition) is 2. The van der Waals surface area contributed by atoms with Gasteiger partial charge in [0.25, 0.3) is 5.91 Å². The van der Waals surface area contributed by atoms with E-state index in [1.165, 1.54) is 0 Å². The second kappa shape index (κ2) is 5.04. The maximum absolute atomic E-state index is 12.2. The van der Waals surface area contributed by atoms with Crippen LogP contribution in [0.4, 0.5) is 0 Å². The largest absolute Gasteiger partial charge is 0.478 e. The number of aliphatic carboxylic acids is 1. The fraction of sp³-hybridized carbons (Fsp3) is 0.286. The molecule has 94 valence electrons. The van der Waals surface area contributed by atoms with Crippen molar-refractivity contribution in [2.24, 2.45) is 0 Å². The van der Waals surface area contributed by atoms with Crippen LogP contribution in [0.3, 0.4) is 0 Å². The number of rotatable bonds is 3. The minimum absolute atomic E-state index is 0.0185. The first kappa shape index (κ1) is 12.4. The van der Waals surface area contributed by atoms with E-state index in [0.717, 1.165) is 23.6 Å². The molecule has 4 heteroatoms. The summed E-state index contributed by atoms with van der Waals surface area (Å²) in [6.07, 6.45) is 1.97. The van der Waals surface area contributed by atoms with E-state index in [0.29, 0.717) is 18.7 Å². The summed E-state index contributed by atoms with van der Waals surface area (Å²) in [7, 11) is 0. The summed E-state index contributed by atoms with van der Waals surface area (Å²) in [6, 6.07) is 7.56. The average Bonchev–Trinajstić information content (AvgIpc) is 2.32. The maximum Gasteiger partial charge on any atom is 0.328 e. The van der Waals surface area contributed by atoms with E-state index < -0.39 is 5.97 Å². The van der Waals surface area contributed by atoms with Gasteiger partial charge in [-0.2, -0.15) is 0 Å². The molecule has 0 aromatic heterocycles. The molecule has 2 rings (SSSR count).